The Bertz CT molecular complexity index is 1040. The second-order valence-corrected chi connectivity index (χ2v) is 7.25. The number of aromatic nitrogens is 1. The number of hydrogen-bond donors (Lipinski definition) is 0. The Morgan fingerprint density at radius 1 is 1.00 bits per heavy atom. The number of halogens is 1. The van der Waals surface area contributed by atoms with Crippen LogP contribution in [0.2, 0.25) is 5.02 Å². The molecule has 0 saturated heterocycles. The number of nitrogens with zero attached hydrogens (tertiary/aromatic N) is 1. The maximum Gasteiger partial charge on any atom is 0.196 e. The van der Waals surface area contributed by atoms with E-state index in [1.54, 1.807) is 41.7 Å². The Morgan fingerprint density at radius 3 is 2.58 bits per heavy atom. The normalized spacial score (nSPS) is 10.8. The molecule has 0 aliphatic carbocycles. The summed E-state index contributed by atoms with van der Waals surface area (Å²) in [6, 6.07) is 22.1. The van der Waals surface area contributed by atoms with Crippen LogP contribution in [0.1, 0.15) is 20.9 Å². The molecule has 0 atom stereocenters. The van der Waals surface area contributed by atoms with Gasteiger partial charge in [0.05, 0.1) is 15.8 Å². The van der Waals surface area contributed by atoms with Crippen LogP contribution in [0.3, 0.4) is 0 Å². The molecule has 0 saturated carbocycles. The average molecular weight is 380 g/mol. The van der Waals surface area contributed by atoms with E-state index in [4.69, 9.17) is 16.3 Å². The lowest BCUT2D eigenvalue weighted by Crippen LogP contribution is -2.05. The van der Waals surface area contributed by atoms with Gasteiger partial charge in [0.1, 0.15) is 17.4 Å². The van der Waals surface area contributed by atoms with Gasteiger partial charge in [0.25, 0.3) is 0 Å². The lowest BCUT2D eigenvalue weighted by Gasteiger charge is -2.10. The third kappa shape index (κ3) is 3.47. The molecule has 3 aromatic carbocycles. The molecule has 1 heterocycles. The number of carbonyl (C=O) groups is 1. The largest absolute Gasteiger partial charge is 0.486 e. The zero-order valence-electron chi connectivity index (χ0n) is 13.7. The Morgan fingerprint density at radius 2 is 1.77 bits per heavy atom. The molecule has 3 nitrogen and oxygen atoms in total. The van der Waals surface area contributed by atoms with Crippen molar-refractivity contribution < 1.29 is 9.53 Å². The van der Waals surface area contributed by atoms with Gasteiger partial charge >= 0.3 is 0 Å². The van der Waals surface area contributed by atoms with Crippen LogP contribution in [0.5, 0.6) is 5.75 Å². The minimum atomic E-state index is -0.118. The summed E-state index contributed by atoms with van der Waals surface area (Å²) in [5.74, 6) is 0.384. The molecule has 0 fully saturated rings. The number of para-hydroxylation sites is 1. The van der Waals surface area contributed by atoms with Gasteiger partial charge in [-0.25, -0.2) is 4.98 Å². The average Bonchev–Trinajstić information content (AvgIpc) is 3.10. The van der Waals surface area contributed by atoms with E-state index in [0.29, 0.717) is 28.5 Å². The Kier molecular flexibility index (Phi) is 4.69. The van der Waals surface area contributed by atoms with Crippen LogP contribution in [0.4, 0.5) is 0 Å². The molecule has 5 heteroatoms. The predicted molar refractivity (Wildman–Crippen MR) is 105 cm³/mol. The van der Waals surface area contributed by atoms with Crippen LogP contribution in [-0.2, 0) is 6.61 Å². The second kappa shape index (κ2) is 7.28. The van der Waals surface area contributed by atoms with Crippen LogP contribution >= 0.6 is 22.9 Å². The number of rotatable bonds is 5. The maximum absolute atomic E-state index is 12.8. The fourth-order valence-electron chi connectivity index (χ4n) is 2.67. The van der Waals surface area contributed by atoms with E-state index < -0.39 is 0 Å². The number of hydrogen-bond acceptors (Lipinski definition) is 4. The van der Waals surface area contributed by atoms with Gasteiger partial charge in [-0.05, 0) is 30.3 Å². The van der Waals surface area contributed by atoms with Crippen LogP contribution < -0.4 is 4.74 Å². The zero-order valence-corrected chi connectivity index (χ0v) is 15.3. The summed E-state index contributed by atoms with van der Waals surface area (Å²) in [6.07, 6.45) is 0. The van der Waals surface area contributed by atoms with Crippen molar-refractivity contribution in [3.05, 3.63) is 94.0 Å². The molecule has 0 bridgehead atoms. The first-order chi connectivity index (χ1) is 12.7. The number of carbonyl (C=O) groups excluding carboxylic acids is 1. The molecule has 0 aliphatic heterocycles. The van der Waals surface area contributed by atoms with Crippen LogP contribution in [0.15, 0.2) is 72.8 Å². The van der Waals surface area contributed by atoms with Gasteiger partial charge in [-0.2, -0.15) is 0 Å². The van der Waals surface area contributed by atoms with Gasteiger partial charge in [-0.3, -0.25) is 4.79 Å². The lowest BCUT2D eigenvalue weighted by molar-refractivity contribution is 0.103. The molecule has 0 radical (unpaired) electrons. The minimum Gasteiger partial charge on any atom is -0.486 e. The molecule has 128 valence electrons. The van der Waals surface area contributed by atoms with Crippen molar-refractivity contribution in [2.24, 2.45) is 0 Å². The summed E-state index contributed by atoms with van der Waals surface area (Å²) in [6.45, 7) is 0.302. The standard InChI is InChI=1S/C21H14ClNO2S/c22-15-10-11-18(16(12-15)21(24)14-6-2-1-3-7-14)25-13-20-23-17-8-4-5-9-19(17)26-20/h1-12H,13H2. The Balaban J connectivity index is 1.61. The number of fused-ring (bicyclic) bond motifs is 1. The topological polar surface area (TPSA) is 39.2 Å². The fraction of sp³-hybridized carbons (Fsp3) is 0.0476. The van der Waals surface area contributed by atoms with Crippen LogP contribution in [-0.4, -0.2) is 10.8 Å². The van der Waals surface area contributed by atoms with E-state index in [1.807, 2.05) is 42.5 Å². The van der Waals surface area contributed by atoms with Gasteiger partial charge < -0.3 is 4.74 Å². The fourth-order valence-corrected chi connectivity index (χ4v) is 3.72. The monoisotopic (exact) mass is 379 g/mol. The van der Waals surface area contributed by atoms with E-state index >= 15 is 0 Å². The van der Waals surface area contributed by atoms with Crippen molar-refractivity contribution in [2.75, 3.05) is 0 Å². The molecule has 26 heavy (non-hydrogen) atoms. The van der Waals surface area contributed by atoms with Gasteiger partial charge in [0.2, 0.25) is 0 Å². The number of thiazole rings is 1. The van der Waals surface area contributed by atoms with Crippen molar-refractivity contribution in [3.8, 4) is 5.75 Å². The van der Waals surface area contributed by atoms with E-state index in [-0.39, 0.29) is 5.78 Å². The third-order valence-electron chi connectivity index (χ3n) is 3.91. The van der Waals surface area contributed by atoms with Gasteiger partial charge in [-0.1, -0.05) is 54.1 Å². The first-order valence-corrected chi connectivity index (χ1v) is 9.27. The third-order valence-corrected chi connectivity index (χ3v) is 5.16. The highest BCUT2D eigenvalue weighted by molar-refractivity contribution is 7.18. The summed E-state index contributed by atoms with van der Waals surface area (Å²) >= 11 is 7.68. The Labute approximate surface area is 159 Å². The van der Waals surface area contributed by atoms with Crippen molar-refractivity contribution in [1.82, 2.24) is 4.98 Å². The summed E-state index contributed by atoms with van der Waals surface area (Å²) in [7, 11) is 0. The van der Waals surface area contributed by atoms with Crippen molar-refractivity contribution >= 4 is 38.9 Å². The highest BCUT2D eigenvalue weighted by Gasteiger charge is 2.16. The summed E-state index contributed by atoms with van der Waals surface area (Å²) in [5.41, 5.74) is 2.00. The molecule has 4 aromatic rings. The van der Waals surface area contributed by atoms with E-state index in [2.05, 4.69) is 4.98 Å². The summed E-state index contributed by atoms with van der Waals surface area (Å²) < 4.78 is 7.03. The first-order valence-electron chi connectivity index (χ1n) is 8.07. The number of ketones is 1. The van der Waals surface area contributed by atoms with Gasteiger partial charge in [-0.15, -0.1) is 11.3 Å². The Hall–Kier alpha value is -2.69. The van der Waals surface area contributed by atoms with E-state index in [1.165, 1.54) is 0 Å². The number of ether oxygens (including phenoxy) is 1. The maximum atomic E-state index is 12.8. The molecular weight excluding hydrogens is 366 g/mol. The molecule has 0 N–H and O–H groups in total. The van der Waals surface area contributed by atoms with Crippen molar-refractivity contribution in [2.45, 2.75) is 6.61 Å². The summed E-state index contributed by atoms with van der Waals surface area (Å²) in [5, 5.41) is 1.36. The molecule has 4 rings (SSSR count). The highest BCUT2D eigenvalue weighted by atomic mass is 35.5. The van der Waals surface area contributed by atoms with Crippen LogP contribution in [0.25, 0.3) is 10.2 Å². The predicted octanol–water partition coefficient (Wildman–Crippen LogP) is 5.76. The van der Waals surface area contributed by atoms with Crippen molar-refractivity contribution in [1.29, 1.82) is 0 Å². The summed E-state index contributed by atoms with van der Waals surface area (Å²) in [4.78, 5) is 17.4. The van der Waals surface area contributed by atoms with Crippen molar-refractivity contribution in [3.63, 3.8) is 0 Å². The molecule has 0 spiro atoms. The number of benzene rings is 3. The molecule has 0 aliphatic rings. The quantitative estimate of drug-likeness (QED) is 0.414. The first kappa shape index (κ1) is 16.8. The van der Waals surface area contributed by atoms with Crippen LogP contribution in [0, 0.1) is 0 Å². The SMILES string of the molecule is O=C(c1ccccc1)c1cc(Cl)ccc1OCc1nc2ccccc2s1. The highest BCUT2D eigenvalue weighted by Crippen LogP contribution is 2.28. The molecule has 0 unspecified atom stereocenters. The minimum absolute atomic E-state index is 0.118. The smallest absolute Gasteiger partial charge is 0.196 e. The lowest BCUT2D eigenvalue weighted by atomic mass is 10.0. The second-order valence-electron chi connectivity index (χ2n) is 5.70. The molecule has 1 aromatic heterocycles. The van der Waals surface area contributed by atoms with Gasteiger partial charge in [0.15, 0.2) is 5.78 Å². The molecular formula is C21H14ClNO2S. The van der Waals surface area contributed by atoms with E-state index in [0.717, 1.165) is 15.2 Å². The van der Waals surface area contributed by atoms with E-state index in [9.17, 15) is 4.79 Å². The van der Waals surface area contributed by atoms with Gasteiger partial charge in [0, 0.05) is 10.6 Å². The molecule has 0 amide bonds. The zero-order chi connectivity index (χ0) is 17.9.